The van der Waals surface area contributed by atoms with Crippen molar-refractivity contribution in [1.29, 1.82) is 0 Å². The number of esters is 1. The van der Waals surface area contributed by atoms with Crippen LogP contribution in [0.15, 0.2) is 78.9 Å². The Bertz CT molecular complexity index is 1570. The van der Waals surface area contributed by atoms with Crippen molar-refractivity contribution in [3.05, 3.63) is 111 Å². The third-order valence-corrected chi connectivity index (χ3v) is 7.89. The number of fused-ring (bicyclic) bond motifs is 1. The summed E-state index contributed by atoms with van der Waals surface area (Å²) in [6.07, 6.45) is -5.28. The highest BCUT2D eigenvalue weighted by Crippen LogP contribution is 2.38. The molecule has 1 unspecified atom stereocenters. The van der Waals surface area contributed by atoms with Crippen LogP contribution in [0.2, 0.25) is 0 Å². The summed E-state index contributed by atoms with van der Waals surface area (Å²) >= 11 is 0. The highest BCUT2D eigenvalue weighted by Gasteiger charge is 2.58. The van der Waals surface area contributed by atoms with Gasteiger partial charge in [-0.1, -0.05) is 54.6 Å². The van der Waals surface area contributed by atoms with Crippen LogP contribution in [-0.4, -0.2) is 76.4 Å². The van der Waals surface area contributed by atoms with E-state index in [0.717, 1.165) is 17.4 Å². The number of nitro benzene ring substituents is 1. The topological polar surface area (TPSA) is 181 Å². The van der Waals surface area contributed by atoms with Crippen molar-refractivity contribution in [3.63, 3.8) is 0 Å². The van der Waals surface area contributed by atoms with Gasteiger partial charge in [0.1, 0.15) is 12.1 Å². The monoisotopic (exact) mass is 653 g/mol. The Morgan fingerprint density at radius 1 is 0.957 bits per heavy atom. The summed E-state index contributed by atoms with van der Waals surface area (Å²) < 4.78 is 41.1. The second-order valence-electron chi connectivity index (χ2n) is 10.5. The number of imide groups is 1. The van der Waals surface area contributed by atoms with Crippen LogP contribution < -0.4 is 0 Å². The number of nitrogens with zero attached hydrogens (tertiary/aromatic N) is 2. The fourth-order valence-electron chi connectivity index (χ4n) is 5.42. The smallest absolute Gasteiger partial charge is 0.457 e. The molecule has 2 heterocycles. The standard InChI is InChI=1S/C31H29N2O12P/c1-19(34)43-28-26(32-29(35)23-9-5-6-10-24(23)30(32)36)31(42-16-15-20-11-13-22(14-12-20)33(37)38)44-25(27(28)45-46(39)40)18-41-17-21-7-3-2-4-8-21/h2-14,25-28,31H,15-18H2,1H3/p+1/t25-,26-,27-,28-,31-/m1/s1. The Balaban J connectivity index is 1.46. The molecule has 3 aromatic carbocycles. The quantitative estimate of drug-likeness (QED) is 0.0930. The molecule has 0 radical (unpaired) electrons. The predicted molar refractivity (Wildman–Crippen MR) is 158 cm³/mol. The van der Waals surface area contributed by atoms with Crippen LogP contribution in [0, 0.1) is 10.1 Å². The van der Waals surface area contributed by atoms with Crippen LogP contribution in [0.3, 0.4) is 0 Å². The van der Waals surface area contributed by atoms with Crippen LogP contribution >= 0.6 is 8.25 Å². The van der Waals surface area contributed by atoms with Crippen LogP contribution in [0.1, 0.15) is 38.8 Å². The summed E-state index contributed by atoms with van der Waals surface area (Å²) in [6.45, 7) is 0.991. The highest BCUT2D eigenvalue weighted by molar-refractivity contribution is 7.32. The number of ether oxygens (including phenoxy) is 4. The summed E-state index contributed by atoms with van der Waals surface area (Å²) in [7, 11) is -3.28. The van der Waals surface area contributed by atoms with Gasteiger partial charge >= 0.3 is 14.2 Å². The second kappa shape index (κ2) is 14.8. The van der Waals surface area contributed by atoms with E-state index in [1.165, 1.54) is 24.3 Å². The van der Waals surface area contributed by atoms with Gasteiger partial charge in [0.05, 0.1) is 35.9 Å². The molecule has 0 aliphatic carbocycles. The molecule has 1 N–H and O–H groups in total. The number of amides is 2. The molecular weight excluding hydrogens is 623 g/mol. The average Bonchev–Trinajstić information content (AvgIpc) is 3.28. The first-order valence-corrected chi connectivity index (χ1v) is 15.4. The zero-order valence-corrected chi connectivity index (χ0v) is 25.4. The van der Waals surface area contributed by atoms with Gasteiger partial charge in [0.25, 0.3) is 17.5 Å². The molecule has 1 fully saturated rings. The Morgan fingerprint density at radius 2 is 1.59 bits per heavy atom. The number of rotatable bonds is 13. The molecule has 15 heteroatoms. The summed E-state index contributed by atoms with van der Waals surface area (Å²) in [5.41, 5.74) is 1.66. The zero-order chi connectivity index (χ0) is 32.8. The van der Waals surface area contributed by atoms with Gasteiger partial charge in [-0.05, 0) is 29.7 Å². The second-order valence-corrected chi connectivity index (χ2v) is 11.2. The van der Waals surface area contributed by atoms with Crippen LogP contribution in [0.4, 0.5) is 5.69 Å². The van der Waals surface area contributed by atoms with Crippen molar-refractivity contribution in [3.8, 4) is 0 Å². The maximum absolute atomic E-state index is 13.6. The summed E-state index contributed by atoms with van der Waals surface area (Å²) in [5, 5.41) is 11.0. The van der Waals surface area contributed by atoms with Gasteiger partial charge in [0.15, 0.2) is 18.5 Å². The number of carbonyl (C=O) groups excluding carboxylic acids is 3. The minimum atomic E-state index is -3.28. The van der Waals surface area contributed by atoms with Gasteiger partial charge in [0, 0.05) is 23.6 Å². The number of hydrogen-bond acceptors (Lipinski definition) is 11. The fourth-order valence-corrected chi connectivity index (χ4v) is 5.88. The van der Waals surface area contributed by atoms with Crippen molar-refractivity contribution in [2.24, 2.45) is 0 Å². The lowest BCUT2D eigenvalue weighted by Gasteiger charge is -2.45. The zero-order valence-electron chi connectivity index (χ0n) is 24.5. The van der Waals surface area contributed by atoms with E-state index in [2.05, 4.69) is 0 Å². The van der Waals surface area contributed by atoms with E-state index in [9.17, 15) is 34.0 Å². The Kier molecular flexibility index (Phi) is 10.6. The van der Waals surface area contributed by atoms with Gasteiger partial charge in [-0.2, -0.15) is 0 Å². The largest absolute Gasteiger partial charge is 0.695 e. The molecule has 2 amide bonds. The lowest BCUT2D eigenvalue weighted by atomic mass is 9.95. The third kappa shape index (κ3) is 7.50. The van der Waals surface area contributed by atoms with Crippen LogP contribution in [-0.2, 0) is 45.9 Å². The Morgan fingerprint density at radius 3 is 2.17 bits per heavy atom. The molecule has 2 aliphatic heterocycles. The molecule has 2 aliphatic rings. The normalized spacial score (nSPS) is 22.8. The Hall–Kier alpha value is -4.43. The lowest BCUT2D eigenvalue weighted by Crippen LogP contribution is -2.67. The summed E-state index contributed by atoms with van der Waals surface area (Å²) in [5.74, 6) is -2.23. The molecule has 0 bridgehead atoms. The molecule has 0 spiro atoms. The van der Waals surface area contributed by atoms with E-state index in [0.29, 0.717) is 5.56 Å². The molecule has 240 valence electrons. The number of hydrogen-bond donors (Lipinski definition) is 1. The van der Waals surface area contributed by atoms with E-state index in [4.69, 9.17) is 23.5 Å². The highest BCUT2D eigenvalue weighted by atomic mass is 31.1. The molecule has 46 heavy (non-hydrogen) atoms. The predicted octanol–water partition coefficient (Wildman–Crippen LogP) is 3.73. The maximum Gasteiger partial charge on any atom is 0.695 e. The van der Waals surface area contributed by atoms with E-state index in [1.54, 1.807) is 24.3 Å². The van der Waals surface area contributed by atoms with E-state index in [1.807, 2.05) is 30.3 Å². The van der Waals surface area contributed by atoms with Gasteiger partial charge in [-0.3, -0.25) is 29.4 Å². The molecule has 0 saturated carbocycles. The summed E-state index contributed by atoms with van der Waals surface area (Å²) in [4.78, 5) is 60.8. The minimum Gasteiger partial charge on any atom is -0.457 e. The number of non-ortho nitro benzene ring substituents is 1. The van der Waals surface area contributed by atoms with E-state index in [-0.39, 0.29) is 43.1 Å². The fraction of sp³-hybridized carbons (Fsp3) is 0.323. The average molecular weight is 654 g/mol. The number of carbonyl (C=O) groups is 3. The van der Waals surface area contributed by atoms with Gasteiger partial charge in [-0.25, -0.2) is 0 Å². The maximum atomic E-state index is 13.6. The minimum absolute atomic E-state index is 0.0493. The van der Waals surface area contributed by atoms with Gasteiger partial charge < -0.3 is 18.9 Å². The third-order valence-electron chi connectivity index (χ3n) is 7.47. The van der Waals surface area contributed by atoms with Crippen molar-refractivity contribution in [2.45, 2.75) is 50.6 Å². The van der Waals surface area contributed by atoms with Crippen LogP contribution in [0.25, 0.3) is 0 Å². The first-order valence-electron chi connectivity index (χ1n) is 14.2. The van der Waals surface area contributed by atoms with Gasteiger partial charge in [0.2, 0.25) is 0 Å². The molecule has 5 rings (SSSR count). The first kappa shape index (κ1) is 32.9. The van der Waals surface area contributed by atoms with Crippen LogP contribution in [0.5, 0.6) is 0 Å². The van der Waals surface area contributed by atoms with E-state index < -0.39 is 61.6 Å². The summed E-state index contributed by atoms with van der Waals surface area (Å²) in [6, 6.07) is 19.7. The SMILES string of the molecule is CC(=O)O[C@H]1[C@H](O[P+](=O)O)[C@@H](COCc2ccccc2)O[C@@H](OCCc2ccc([N+](=O)[O-])cc2)[C@@H]1N1C(=O)c2ccccc2C1=O. The van der Waals surface area contributed by atoms with Crippen molar-refractivity contribution in [2.75, 3.05) is 13.2 Å². The lowest BCUT2D eigenvalue weighted by molar-refractivity contribution is -0.384. The molecule has 3 aromatic rings. The number of nitro groups is 1. The van der Waals surface area contributed by atoms with Crippen molar-refractivity contribution < 1.29 is 52.2 Å². The molecule has 6 atom stereocenters. The molecule has 14 nitrogen and oxygen atoms in total. The van der Waals surface area contributed by atoms with Gasteiger partial charge in [-0.15, -0.1) is 9.42 Å². The molecule has 0 aromatic heterocycles. The van der Waals surface area contributed by atoms with E-state index >= 15 is 0 Å². The molecular formula is C31H30N2O12P+. The van der Waals surface area contributed by atoms with Crippen molar-refractivity contribution >= 4 is 31.7 Å². The Labute approximate surface area is 263 Å². The number of benzene rings is 3. The van der Waals surface area contributed by atoms with Crippen molar-refractivity contribution in [1.82, 2.24) is 4.90 Å². The molecule has 1 saturated heterocycles. The first-order chi connectivity index (χ1) is 22.1.